The SMILES string of the molecule is C.C[N+](C)(C)c1ccc(CC(=O)OCCCCCCCCn2ccc3cc(NC(=O)c4ccccc4)ccc32)cc1. The van der Waals surface area contributed by atoms with Crippen LogP contribution < -0.4 is 9.80 Å². The van der Waals surface area contributed by atoms with Gasteiger partial charge in [-0.1, -0.05) is 63.4 Å². The second-order valence-corrected chi connectivity index (χ2v) is 11.3. The quantitative estimate of drug-likeness (QED) is 0.0977. The molecule has 218 valence electrons. The van der Waals surface area contributed by atoms with Crippen LogP contribution in [0.4, 0.5) is 11.4 Å². The zero-order valence-corrected chi connectivity index (χ0v) is 24.1. The summed E-state index contributed by atoms with van der Waals surface area (Å²) in [5, 5.41) is 4.11. The van der Waals surface area contributed by atoms with Crippen LogP contribution >= 0.6 is 0 Å². The summed E-state index contributed by atoms with van der Waals surface area (Å²) in [6, 6.07) is 25.6. The van der Waals surface area contributed by atoms with Crippen LogP contribution in [-0.4, -0.2) is 44.2 Å². The van der Waals surface area contributed by atoms with Gasteiger partial charge < -0.3 is 14.6 Å². The van der Waals surface area contributed by atoms with E-state index in [9.17, 15) is 9.59 Å². The number of nitrogens with one attached hydrogen (secondary N) is 1. The van der Waals surface area contributed by atoms with Crippen LogP contribution in [0.15, 0.2) is 85.1 Å². The van der Waals surface area contributed by atoms with E-state index in [0.29, 0.717) is 18.6 Å². The number of unbranched alkanes of at least 4 members (excludes halogenated alkanes) is 5. The Kier molecular flexibility index (Phi) is 11.7. The largest absolute Gasteiger partial charge is 0.465 e. The Labute approximate surface area is 245 Å². The lowest BCUT2D eigenvalue weighted by Gasteiger charge is -2.23. The van der Waals surface area contributed by atoms with Crippen LogP contribution in [0.3, 0.4) is 0 Å². The minimum Gasteiger partial charge on any atom is -0.465 e. The molecule has 0 aliphatic rings. The maximum atomic E-state index is 12.4. The van der Waals surface area contributed by atoms with Crippen LogP contribution in [0.25, 0.3) is 10.9 Å². The smallest absolute Gasteiger partial charge is 0.310 e. The average Bonchev–Trinajstić information content (AvgIpc) is 3.34. The number of hydrogen-bond donors (Lipinski definition) is 1. The summed E-state index contributed by atoms with van der Waals surface area (Å²) < 4.78 is 8.49. The molecule has 4 aromatic rings. The number of nitrogens with zero attached hydrogens (tertiary/aromatic N) is 2. The monoisotopic (exact) mass is 556 g/mol. The maximum Gasteiger partial charge on any atom is 0.310 e. The molecule has 6 heteroatoms. The molecule has 1 aromatic heterocycles. The third-order valence-corrected chi connectivity index (χ3v) is 7.18. The Morgan fingerprint density at radius 3 is 2.20 bits per heavy atom. The number of amides is 1. The summed E-state index contributed by atoms with van der Waals surface area (Å²) >= 11 is 0. The van der Waals surface area contributed by atoms with Crippen LogP contribution in [0, 0.1) is 0 Å². The van der Waals surface area contributed by atoms with E-state index in [-0.39, 0.29) is 19.3 Å². The Balaban J connectivity index is 0.00000462. The van der Waals surface area contributed by atoms with Crippen LogP contribution in [0.2, 0.25) is 0 Å². The molecular formula is C35H46N3O3+. The molecule has 0 unspecified atom stereocenters. The van der Waals surface area contributed by atoms with Crippen molar-refractivity contribution in [1.29, 1.82) is 0 Å². The number of quaternary nitrogens is 1. The van der Waals surface area contributed by atoms with E-state index >= 15 is 0 Å². The first kappa shape index (κ1) is 31.6. The van der Waals surface area contributed by atoms with Crippen molar-refractivity contribution < 1.29 is 14.3 Å². The molecule has 0 atom stereocenters. The molecular weight excluding hydrogens is 510 g/mol. The zero-order chi connectivity index (χ0) is 28.4. The number of carbonyl (C=O) groups is 2. The van der Waals surface area contributed by atoms with E-state index in [1.54, 1.807) is 0 Å². The predicted octanol–water partition coefficient (Wildman–Crippen LogP) is 7.85. The second kappa shape index (κ2) is 15.2. The topological polar surface area (TPSA) is 60.3 Å². The van der Waals surface area contributed by atoms with Crippen molar-refractivity contribution in [3.05, 3.63) is 96.2 Å². The molecule has 1 heterocycles. The van der Waals surface area contributed by atoms with Gasteiger partial charge in [-0.15, -0.1) is 0 Å². The average molecular weight is 557 g/mol. The Morgan fingerprint density at radius 1 is 0.805 bits per heavy atom. The van der Waals surface area contributed by atoms with Crippen LogP contribution in [0.1, 0.15) is 61.9 Å². The normalized spacial score (nSPS) is 11.2. The molecule has 0 fully saturated rings. The number of ether oxygens (including phenoxy) is 1. The number of carbonyl (C=O) groups excluding carboxylic acids is 2. The zero-order valence-electron chi connectivity index (χ0n) is 24.1. The molecule has 4 rings (SSSR count). The third kappa shape index (κ3) is 9.61. The molecule has 0 aliphatic heterocycles. The molecule has 3 aromatic carbocycles. The van der Waals surface area contributed by atoms with Gasteiger partial charge in [-0.2, -0.15) is 0 Å². The Morgan fingerprint density at radius 2 is 1.49 bits per heavy atom. The van der Waals surface area contributed by atoms with Gasteiger partial charge in [0.2, 0.25) is 0 Å². The molecule has 0 spiro atoms. The summed E-state index contributed by atoms with van der Waals surface area (Å²) in [5.41, 5.74) is 4.84. The molecule has 0 saturated heterocycles. The van der Waals surface area contributed by atoms with Gasteiger partial charge >= 0.3 is 5.97 Å². The van der Waals surface area contributed by atoms with Crippen molar-refractivity contribution in [2.75, 3.05) is 33.1 Å². The third-order valence-electron chi connectivity index (χ3n) is 7.18. The lowest BCUT2D eigenvalue weighted by molar-refractivity contribution is -0.142. The fraction of sp³-hybridized carbons (Fsp3) is 0.371. The molecule has 41 heavy (non-hydrogen) atoms. The van der Waals surface area contributed by atoms with Crippen molar-refractivity contribution in [3.8, 4) is 0 Å². The van der Waals surface area contributed by atoms with Crippen LogP contribution in [-0.2, 0) is 22.5 Å². The highest BCUT2D eigenvalue weighted by Gasteiger charge is 2.12. The van der Waals surface area contributed by atoms with Crippen molar-refractivity contribution in [2.24, 2.45) is 0 Å². The summed E-state index contributed by atoms with van der Waals surface area (Å²) in [5.74, 6) is -0.249. The standard InChI is InChI=1S/C34H41N3O3.CH4/c1-37(2,3)31-18-15-27(16-19-31)25-33(38)40-24-12-7-5-4-6-11-22-36-23-21-29-26-30(17-20-32(29)36)35-34(39)28-13-9-8-10-14-28;/h8-10,13-21,23,26H,4-7,11-12,22,24-25H2,1-3H3;1H4/p+1. The fourth-order valence-electron chi connectivity index (χ4n) is 4.82. The highest BCUT2D eigenvalue weighted by atomic mass is 16.5. The van der Waals surface area contributed by atoms with E-state index in [1.807, 2.05) is 54.6 Å². The van der Waals surface area contributed by atoms with Gasteiger partial charge in [-0.3, -0.25) is 14.1 Å². The Bertz CT molecular complexity index is 1390. The van der Waals surface area contributed by atoms with Gasteiger partial charge in [-0.05, 0) is 66.9 Å². The maximum absolute atomic E-state index is 12.4. The van der Waals surface area contributed by atoms with E-state index in [4.69, 9.17) is 4.74 Å². The number of aromatic nitrogens is 1. The first-order valence-electron chi connectivity index (χ1n) is 14.3. The summed E-state index contributed by atoms with van der Waals surface area (Å²) in [6.45, 7) is 1.48. The second-order valence-electron chi connectivity index (χ2n) is 11.3. The number of benzene rings is 3. The van der Waals surface area contributed by atoms with E-state index in [2.05, 4.69) is 61.5 Å². The van der Waals surface area contributed by atoms with Gasteiger partial charge in [-0.25, -0.2) is 0 Å². The number of hydrogen-bond acceptors (Lipinski definition) is 3. The molecule has 0 aliphatic carbocycles. The van der Waals surface area contributed by atoms with Crippen molar-refractivity contribution >= 4 is 34.2 Å². The van der Waals surface area contributed by atoms with Gasteiger partial charge in [0, 0.05) is 34.9 Å². The van der Waals surface area contributed by atoms with E-state index < -0.39 is 0 Å². The van der Waals surface area contributed by atoms with Gasteiger partial charge in [0.15, 0.2) is 0 Å². The molecule has 6 nitrogen and oxygen atoms in total. The summed E-state index contributed by atoms with van der Waals surface area (Å²) in [4.78, 5) is 24.6. The lowest BCUT2D eigenvalue weighted by atomic mass is 10.1. The summed E-state index contributed by atoms with van der Waals surface area (Å²) in [6.07, 6.45) is 9.08. The van der Waals surface area contributed by atoms with Crippen molar-refractivity contribution in [1.82, 2.24) is 9.05 Å². The van der Waals surface area contributed by atoms with Crippen LogP contribution in [0.5, 0.6) is 0 Å². The highest BCUT2D eigenvalue weighted by Crippen LogP contribution is 2.22. The molecule has 1 N–H and O–H groups in total. The number of rotatable bonds is 14. The molecule has 0 saturated carbocycles. The van der Waals surface area contributed by atoms with Gasteiger partial charge in [0.25, 0.3) is 5.91 Å². The van der Waals surface area contributed by atoms with Gasteiger partial charge in [0.1, 0.15) is 5.69 Å². The number of anilines is 1. The number of esters is 1. The van der Waals surface area contributed by atoms with E-state index in [0.717, 1.165) is 53.3 Å². The lowest BCUT2D eigenvalue weighted by Crippen LogP contribution is -2.34. The first-order chi connectivity index (χ1) is 19.3. The molecule has 0 bridgehead atoms. The minimum absolute atomic E-state index is 0. The molecule has 0 radical (unpaired) electrons. The van der Waals surface area contributed by atoms with Crippen molar-refractivity contribution in [2.45, 2.75) is 58.9 Å². The molecule has 1 amide bonds. The predicted molar refractivity (Wildman–Crippen MR) is 171 cm³/mol. The minimum atomic E-state index is -0.150. The Hall–Kier alpha value is -3.90. The highest BCUT2D eigenvalue weighted by molar-refractivity contribution is 6.05. The first-order valence-corrected chi connectivity index (χ1v) is 14.3. The van der Waals surface area contributed by atoms with Gasteiger partial charge in [0.05, 0.1) is 34.2 Å². The number of aryl methyl sites for hydroxylation is 1. The van der Waals surface area contributed by atoms with E-state index in [1.165, 1.54) is 24.0 Å². The number of fused-ring (bicyclic) bond motifs is 1. The fourth-order valence-corrected chi connectivity index (χ4v) is 4.82. The summed E-state index contributed by atoms with van der Waals surface area (Å²) in [7, 11) is 6.38. The van der Waals surface area contributed by atoms with Crippen molar-refractivity contribution in [3.63, 3.8) is 0 Å².